The average Bonchev–Trinajstić information content (AvgIpc) is 2.32. The van der Waals surface area contributed by atoms with Gasteiger partial charge in [0, 0.05) is 12.3 Å². The molecule has 0 fully saturated rings. The Morgan fingerprint density at radius 3 is 2.20 bits per heavy atom. The van der Waals surface area contributed by atoms with Crippen molar-refractivity contribution in [3.8, 4) is 0 Å². The highest BCUT2D eigenvalue weighted by molar-refractivity contribution is 5.80. The largest absolute Gasteiger partial charge is 0.376 e. The van der Waals surface area contributed by atoms with E-state index in [4.69, 9.17) is 4.74 Å². The molecule has 2 nitrogen and oxygen atoms in total. The van der Waals surface area contributed by atoms with Gasteiger partial charge in [-0.15, -0.1) is 0 Å². The summed E-state index contributed by atoms with van der Waals surface area (Å²) < 4.78 is 5.74. The first kappa shape index (κ1) is 19.6. The molecule has 0 aliphatic carbocycles. The molecule has 2 heteroatoms. The van der Waals surface area contributed by atoms with Gasteiger partial charge in [0.25, 0.3) is 0 Å². The van der Waals surface area contributed by atoms with Crippen LogP contribution in [0.5, 0.6) is 0 Å². The lowest BCUT2D eigenvalue weighted by atomic mass is 9.90. The van der Waals surface area contributed by atoms with Crippen LogP contribution in [0.4, 0.5) is 0 Å². The van der Waals surface area contributed by atoms with E-state index in [-0.39, 0.29) is 18.1 Å². The molecule has 3 atom stereocenters. The summed E-state index contributed by atoms with van der Waals surface area (Å²) in [6.45, 7) is 12.7. The molecule has 0 radical (unpaired) electrons. The topological polar surface area (TPSA) is 26.3 Å². The van der Waals surface area contributed by atoms with Crippen LogP contribution in [-0.4, -0.2) is 18.0 Å². The second kappa shape index (κ2) is 11.3. The predicted molar refractivity (Wildman–Crippen MR) is 87.0 cm³/mol. The zero-order chi connectivity index (χ0) is 15.5. The van der Waals surface area contributed by atoms with E-state index in [0.29, 0.717) is 18.1 Å². The highest BCUT2D eigenvalue weighted by Crippen LogP contribution is 2.19. The summed E-state index contributed by atoms with van der Waals surface area (Å²) in [4.78, 5) is 12.2. The second-order valence-electron chi connectivity index (χ2n) is 6.76. The number of hydrogen-bond donors (Lipinski definition) is 0. The van der Waals surface area contributed by atoms with E-state index in [1.165, 1.54) is 25.7 Å². The lowest BCUT2D eigenvalue weighted by Gasteiger charge is -2.20. The highest BCUT2D eigenvalue weighted by atomic mass is 16.5. The minimum Gasteiger partial charge on any atom is -0.376 e. The molecule has 0 bridgehead atoms. The van der Waals surface area contributed by atoms with Crippen LogP contribution < -0.4 is 0 Å². The van der Waals surface area contributed by atoms with Crippen molar-refractivity contribution in [3.63, 3.8) is 0 Å². The van der Waals surface area contributed by atoms with E-state index in [1.807, 2.05) is 0 Å². The smallest absolute Gasteiger partial charge is 0.135 e. The summed E-state index contributed by atoms with van der Waals surface area (Å²) >= 11 is 0. The van der Waals surface area contributed by atoms with Gasteiger partial charge in [0.15, 0.2) is 0 Å². The quantitative estimate of drug-likeness (QED) is 0.449. The Labute approximate surface area is 126 Å². The summed E-state index contributed by atoms with van der Waals surface area (Å²) in [5, 5.41) is 0. The van der Waals surface area contributed by atoms with E-state index >= 15 is 0 Å². The Morgan fingerprint density at radius 2 is 1.65 bits per heavy atom. The van der Waals surface area contributed by atoms with E-state index in [9.17, 15) is 4.79 Å². The van der Waals surface area contributed by atoms with Gasteiger partial charge in [0.1, 0.15) is 5.78 Å². The van der Waals surface area contributed by atoms with Crippen molar-refractivity contribution >= 4 is 5.78 Å². The van der Waals surface area contributed by atoms with Crippen LogP contribution in [0.15, 0.2) is 0 Å². The zero-order valence-corrected chi connectivity index (χ0v) is 14.6. The van der Waals surface area contributed by atoms with Gasteiger partial charge in [-0.25, -0.2) is 0 Å². The maximum absolute atomic E-state index is 12.2. The molecule has 0 rings (SSSR count). The van der Waals surface area contributed by atoms with Gasteiger partial charge in [-0.3, -0.25) is 4.79 Å². The SMILES string of the molecule is CCCCCCC(C)C(=O)CC(C)CC(C)OC(C)C. The molecule has 0 saturated carbocycles. The van der Waals surface area contributed by atoms with Crippen molar-refractivity contribution in [1.82, 2.24) is 0 Å². The molecule has 0 aliphatic heterocycles. The third kappa shape index (κ3) is 10.4. The first-order valence-corrected chi connectivity index (χ1v) is 8.54. The van der Waals surface area contributed by atoms with Crippen molar-refractivity contribution < 1.29 is 9.53 Å². The van der Waals surface area contributed by atoms with Crippen molar-refractivity contribution in [2.75, 3.05) is 0 Å². The average molecular weight is 284 g/mol. The first-order chi connectivity index (χ1) is 9.36. The molecule has 3 unspecified atom stereocenters. The van der Waals surface area contributed by atoms with Crippen LogP contribution in [0.25, 0.3) is 0 Å². The van der Waals surface area contributed by atoms with E-state index < -0.39 is 0 Å². The number of hydrogen-bond acceptors (Lipinski definition) is 2. The van der Waals surface area contributed by atoms with E-state index in [0.717, 1.165) is 12.8 Å². The Morgan fingerprint density at radius 1 is 1.00 bits per heavy atom. The van der Waals surface area contributed by atoms with Gasteiger partial charge < -0.3 is 4.74 Å². The molecule has 0 saturated heterocycles. The summed E-state index contributed by atoms with van der Waals surface area (Å²) in [5.74, 6) is 1.09. The number of carbonyl (C=O) groups is 1. The third-order valence-corrected chi connectivity index (χ3v) is 3.83. The van der Waals surface area contributed by atoms with Gasteiger partial charge >= 0.3 is 0 Å². The Balaban J connectivity index is 3.87. The molecule has 0 heterocycles. The van der Waals surface area contributed by atoms with Crippen molar-refractivity contribution in [2.45, 2.75) is 98.7 Å². The van der Waals surface area contributed by atoms with Crippen LogP contribution >= 0.6 is 0 Å². The normalized spacial score (nSPS) is 16.1. The molecular formula is C18H36O2. The molecule has 0 aliphatic rings. The standard InChI is InChI=1S/C18H36O2/c1-7-8-9-10-11-16(5)18(19)13-15(4)12-17(6)20-14(2)3/h14-17H,7-13H2,1-6H3. The minimum atomic E-state index is 0.232. The van der Waals surface area contributed by atoms with Crippen LogP contribution in [0.3, 0.4) is 0 Å². The zero-order valence-electron chi connectivity index (χ0n) is 14.6. The summed E-state index contributed by atoms with van der Waals surface area (Å²) in [7, 11) is 0. The summed E-state index contributed by atoms with van der Waals surface area (Å²) in [6, 6.07) is 0. The predicted octanol–water partition coefficient (Wildman–Crippen LogP) is 5.39. The maximum Gasteiger partial charge on any atom is 0.135 e. The van der Waals surface area contributed by atoms with Crippen molar-refractivity contribution in [2.24, 2.45) is 11.8 Å². The van der Waals surface area contributed by atoms with E-state index in [1.54, 1.807) is 0 Å². The van der Waals surface area contributed by atoms with Crippen LogP contribution in [0, 0.1) is 11.8 Å². The van der Waals surface area contributed by atoms with Crippen LogP contribution in [0.2, 0.25) is 0 Å². The molecule has 120 valence electrons. The van der Waals surface area contributed by atoms with Gasteiger partial charge in [-0.05, 0) is 39.5 Å². The molecule has 0 aromatic carbocycles. The molecule has 0 aromatic rings. The fraction of sp³-hybridized carbons (Fsp3) is 0.944. The van der Waals surface area contributed by atoms with E-state index in [2.05, 4.69) is 41.5 Å². The highest BCUT2D eigenvalue weighted by Gasteiger charge is 2.18. The van der Waals surface area contributed by atoms with Gasteiger partial charge in [-0.2, -0.15) is 0 Å². The molecule has 0 aromatic heterocycles. The van der Waals surface area contributed by atoms with Gasteiger partial charge in [0.05, 0.1) is 12.2 Å². The van der Waals surface area contributed by atoms with Crippen molar-refractivity contribution in [1.29, 1.82) is 0 Å². The Hall–Kier alpha value is -0.370. The van der Waals surface area contributed by atoms with Crippen molar-refractivity contribution in [3.05, 3.63) is 0 Å². The number of carbonyl (C=O) groups excluding carboxylic acids is 1. The monoisotopic (exact) mass is 284 g/mol. The Bertz CT molecular complexity index is 248. The molecule has 0 amide bonds. The number of ketones is 1. The summed E-state index contributed by atoms with van der Waals surface area (Å²) in [5.41, 5.74) is 0. The molecular weight excluding hydrogens is 248 g/mol. The van der Waals surface area contributed by atoms with Crippen LogP contribution in [0.1, 0.15) is 86.5 Å². The fourth-order valence-electron chi connectivity index (χ4n) is 2.75. The third-order valence-electron chi connectivity index (χ3n) is 3.83. The molecule has 0 N–H and O–H groups in total. The lowest BCUT2D eigenvalue weighted by molar-refractivity contribution is -0.123. The number of unbranched alkanes of at least 4 members (excludes halogenated alkanes) is 3. The Kier molecular flexibility index (Phi) is 11.1. The number of Topliss-reactive ketones (excluding diaryl/α,β-unsaturated/α-hetero) is 1. The first-order valence-electron chi connectivity index (χ1n) is 8.54. The minimum absolute atomic E-state index is 0.232. The second-order valence-corrected chi connectivity index (χ2v) is 6.76. The maximum atomic E-state index is 12.2. The van der Waals surface area contributed by atoms with Crippen LogP contribution in [-0.2, 0) is 9.53 Å². The molecule has 20 heavy (non-hydrogen) atoms. The molecule has 0 spiro atoms. The van der Waals surface area contributed by atoms with Gasteiger partial charge in [0.2, 0.25) is 0 Å². The summed E-state index contributed by atoms with van der Waals surface area (Å²) in [6.07, 6.45) is 8.28. The lowest BCUT2D eigenvalue weighted by Crippen LogP contribution is -2.20. The van der Waals surface area contributed by atoms with Gasteiger partial charge in [-0.1, -0.05) is 46.5 Å². The fourth-order valence-corrected chi connectivity index (χ4v) is 2.75. The number of ether oxygens (including phenoxy) is 1. The number of rotatable bonds is 12.